The first-order chi connectivity index (χ1) is 8.20. The van der Waals surface area contributed by atoms with Gasteiger partial charge in [-0.3, -0.25) is 0 Å². The first-order valence-electron chi connectivity index (χ1n) is 5.72. The highest BCUT2D eigenvalue weighted by Crippen LogP contribution is 1.99. The second-order valence-corrected chi connectivity index (χ2v) is 3.86. The van der Waals surface area contributed by atoms with E-state index in [0.29, 0.717) is 0 Å². The van der Waals surface area contributed by atoms with E-state index >= 15 is 0 Å². The van der Waals surface area contributed by atoms with Gasteiger partial charge in [0.15, 0.2) is 0 Å². The molecule has 0 aliphatic heterocycles. The molecule has 2 nitrogen and oxygen atoms in total. The predicted octanol–water partition coefficient (Wildman–Crippen LogP) is 4.20. The molecule has 0 radical (unpaired) electrons. The molecule has 0 saturated carbocycles. The number of alkyl halides is 1. The highest BCUT2D eigenvalue weighted by Gasteiger charge is 1.85. The van der Waals surface area contributed by atoms with E-state index in [1.807, 2.05) is 30.3 Å². The number of benzene rings is 1. The summed E-state index contributed by atoms with van der Waals surface area (Å²) < 4.78 is 0. The van der Waals surface area contributed by atoms with Gasteiger partial charge in [-0.1, -0.05) is 50.1 Å². The van der Waals surface area contributed by atoms with E-state index in [0.717, 1.165) is 17.5 Å². The number of carboxylic acids is 1. The number of carbonyl (C=O) groups is 1. The molecule has 0 atom stereocenters. The molecule has 3 heteroatoms. The Balaban J connectivity index is 0.000000366. The normalized spacial score (nSPS) is 9.76. The smallest absolute Gasteiger partial charge is 0.328 e. The van der Waals surface area contributed by atoms with Gasteiger partial charge in [-0.05, 0) is 18.1 Å². The van der Waals surface area contributed by atoms with Crippen molar-refractivity contribution in [3.63, 3.8) is 0 Å². The summed E-state index contributed by atoms with van der Waals surface area (Å²) in [6, 6.07) is 9.31. The fourth-order valence-electron chi connectivity index (χ4n) is 1.08. The van der Waals surface area contributed by atoms with E-state index in [2.05, 4.69) is 6.92 Å². The van der Waals surface area contributed by atoms with Crippen LogP contribution < -0.4 is 0 Å². The topological polar surface area (TPSA) is 37.3 Å². The van der Waals surface area contributed by atoms with Gasteiger partial charge in [0.05, 0.1) is 0 Å². The van der Waals surface area contributed by atoms with Crippen LogP contribution in [-0.4, -0.2) is 17.0 Å². The second kappa shape index (κ2) is 11.2. The summed E-state index contributed by atoms with van der Waals surface area (Å²) in [5.41, 5.74) is 0.898. The van der Waals surface area contributed by atoms with Crippen LogP contribution in [0, 0.1) is 0 Å². The summed E-state index contributed by atoms with van der Waals surface area (Å²) in [7, 11) is 0. The van der Waals surface area contributed by atoms with Crippen molar-refractivity contribution in [1.82, 2.24) is 0 Å². The molecule has 1 N–H and O–H groups in total. The van der Waals surface area contributed by atoms with Gasteiger partial charge in [0.1, 0.15) is 0 Å². The van der Waals surface area contributed by atoms with Crippen molar-refractivity contribution < 1.29 is 9.90 Å². The maximum atomic E-state index is 10.1. The van der Waals surface area contributed by atoms with E-state index in [4.69, 9.17) is 16.7 Å². The zero-order valence-electron chi connectivity index (χ0n) is 10.1. The summed E-state index contributed by atoms with van der Waals surface area (Å²) >= 11 is 5.38. The van der Waals surface area contributed by atoms with Crippen LogP contribution in [-0.2, 0) is 4.79 Å². The van der Waals surface area contributed by atoms with E-state index in [1.54, 1.807) is 6.08 Å². The van der Waals surface area contributed by atoms with Gasteiger partial charge in [-0.15, -0.1) is 11.6 Å². The lowest BCUT2D eigenvalue weighted by atomic mass is 10.2. The molecule has 0 aliphatic rings. The fourth-order valence-corrected chi connectivity index (χ4v) is 1.27. The van der Waals surface area contributed by atoms with Crippen molar-refractivity contribution in [1.29, 1.82) is 0 Å². The van der Waals surface area contributed by atoms with E-state index in [-0.39, 0.29) is 0 Å². The number of hydrogen-bond donors (Lipinski definition) is 1. The van der Waals surface area contributed by atoms with Gasteiger partial charge in [0.2, 0.25) is 0 Å². The monoisotopic (exact) mass is 254 g/mol. The lowest BCUT2D eigenvalue weighted by Crippen LogP contribution is -1.85. The molecule has 1 aromatic carbocycles. The van der Waals surface area contributed by atoms with Crippen LogP contribution in [0.15, 0.2) is 36.4 Å². The molecule has 0 fully saturated rings. The molecule has 0 saturated heterocycles. The number of carboxylic acid groups (broad SMARTS) is 1. The minimum atomic E-state index is -0.922. The third-order valence-corrected chi connectivity index (χ3v) is 2.22. The van der Waals surface area contributed by atoms with Gasteiger partial charge < -0.3 is 5.11 Å². The zero-order valence-corrected chi connectivity index (χ0v) is 10.9. The number of unbranched alkanes of at least 4 members (excludes halogenated alkanes) is 2. The standard InChI is InChI=1S/C9H8O2.C5H11Cl/c10-9(11)7-6-8-4-2-1-3-5-8;1-2-3-4-5-6/h1-7H,(H,10,11);2-5H2,1H3. The van der Waals surface area contributed by atoms with Crippen LogP contribution in [0.4, 0.5) is 0 Å². The third-order valence-electron chi connectivity index (χ3n) is 1.96. The average molecular weight is 255 g/mol. The quantitative estimate of drug-likeness (QED) is 0.486. The summed E-state index contributed by atoms with van der Waals surface area (Å²) in [6.45, 7) is 2.17. The summed E-state index contributed by atoms with van der Waals surface area (Å²) in [6.07, 6.45) is 6.41. The van der Waals surface area contributed by atoms with Crippen molar-refractivity contribution in [3.05, 3.63) is 42.0 Å². The van der Waals surface area contributed by atoms with Gasteiger partial charge in [0, 0.05) is 12.0 Å². The molecule has 0 aliphatic carbocycles. The Labute approximate surface area is 108 Å². The van der Waals surface area contributed by atoms with Crippen LogP contribution in [0.2, 0.25) is 0 Å². The number of aliphatic carboxylic acids is 1. The van der Waals surface area contributed by atoms with Crippen molar-refractivity contribution in [3.8, 4) is 0 Å². The molecule has 1 rings (SSSR count). The molecule has 94 valence electrons. The van der Waals surface area contributed by atoms with E-state index in [9.17, 15) is 4.79 Å². The Hall–Kier alpha value is -1.28. The highest BCUT2D eigenvalue weighted by atomic mass is 35.5. The van der Waals surface area contributed by atoms with Crippen molar-refractivity contribution >= 4 is 23.6 Å². The molecule has 0 unspecified atom stereocenters. The maximum Gasteiger partial charge on any atom is 0.328 e. The summed E-state index contributed by atoms with van der Waals surface area (Å²) in [4.78, 5) is 10.1. The lowest BCUT2D eigenvalue weighted by Gasteiger charge is -1.87. The maximum absolute atomic E-state index is 10.1. The Morgan fingerprint density at radius 2 is 1.94 bits per heavy atom. The van der Waals surface area contributed by atoms with E-state index < -0.39 is 5.97 Å². The van der Waals surface area contributed by atoms with Crippen molar-refractivity contribution in [2.75, 3.05) is 5.88 Å². The molecule has 0 spiro atoms. The molecule has 0 bridgehead atoms. The van der Waals surface area contributed by atoms with Gasteiger partial charge in [0.25, 0.3) is 0 Å². The average Bonchev–Trinajstić information content (AvgIpc) is 2.36. The Kier molecular flexibility index (Phi) is 10.4. The Morgan fingerprint density at radius 1 is 1.29 bits per heavy atom. The molecular weight excluding hydrogens is 236 g/mol. The second-order valence-electron chi connectivity index (χ2n) is 3.48. The minimum Gasteiger partial charge on any atom is -0.478 e. The molecule has 0 heterocycles. The van der Waals surface area contributed by atoms with E-state index in [1.165, 1.54) is 19.3 Å². The van der Waals surface area contributed by atoms with Crippen LogP contribution in [0.25, 0.3) is 6.08 Å². The number of rotatable bonds is 5. The first kappa shape index (κ1) is 15.7. The van der Waals surface area contributed by atoms with Gasteiger partial charge in [-0.2, -0.15) is 0 Å². The van der Waals surface area contributed by atoms with Crippen LogP contribution in [0.3, 0.4) is 0 Å². The summed E-state index contributed by atoms with van der Waals surface area (Å²) in [5.74, 6) is -0.0951. The number of hydrogen-bond acceptors (Lipinski definition) is 1. The lowest BCUT2D eigenvalue weighted by molar-refractivity contribution is -0.131. The van der Waals surface area contributed by atoms with Crippen LogP contribution in [0.5, 0.6) is 0 Å². The van der Waals surface area contributed by atoms with Crippen LogP contribution in [0.1, 0.15) is 31.7 Å². The molecule has 0 aromatic heterocycles. The van der Waals surface area contributed by atoms with Gasteiger partial charge in [-0.25, -0.2) is 4.79 Å². The fraction of sp³-hybridized carbons (Fsp3) is 0.357. The molecular formula is C14H19ClO2. The first-order valence-corrected chi connectivity index (χ1v) is 6.26. The molecule has 17 heavy (non-hydrogen) atoms. The largest absolute Gasteiger partial charge is 0.478 e. The van der Waals surface area contributed by atoms with Crippen molar-refractivity contribution in [2.45, 2.75) is 26.2 Å². The predicted molar refractivity (Wildman–Crippen MR) is 73.4 cm³/mol. The Morgan fingerprint density at radius 3 is 2.35 bits per heavy atom. The highest BCUT2D eigenvalue weighted by molar-refractivity contribution is 6.17. The number of halogens is 1. The minimum absolute atomic E-state index is 0.827. The zero-order chi connectivity index (χ0) is 12.9. The van der Waals surface area contributed by atoms with Crippen LogP contribution >= 0.6 is 11.6 Å². The Bertz CT molecular complexity index is 316. The van der Waals surface area contributed by atoms with Gasteiger partial charge >= 0.3 is 5.97 Å². The SMILES string of the molecule is CCCCCCl.O=C(O)C=Cc1ccccc1. The molecule has 1 aromatic rings. The molecule has 0 amide bonds. The van der Waals surface area contributed by atoms with Crippen molar-refractivity contribution in [2.24, 2.45) is 0 Å². The third kappa shape index (κ3) is 11.0. The summed E-state index contributed by atoms with van der Waals surface area (Å²) in [5, 5.41) is 8.29.